The van der Waals surface area contributed by atoms with Gasteiger partial charge in [0, 0.05) is 50.7 Å². The van der Waals surface area contributed by atoms with Gasteiger partial charge in [-0.3, -0.25) is 9.78 Å². The van der Waals surface area contributed by atoms with Crippen LogP contribution in [0.25, 0.3) is 0 Å². The highest BCUT2D eigenvalue weighted by Crippen LogP contribution is 2.20. The highest BCUT2D eigenvalue weighted by molar-refractivity contribution is 5.76. The summed E-state index contributed by atoms with van der Waals surface area (Å²) in [5.41, 5.74) is 3.66. The van der Waals surface area contributed by atoms with Crippen LogP contribution in [-0.2, 0) is 11.2 Å². The summed E-state index contributed by atoms with van der Waals surface area (Å²) in [5.74, 6) is 1.14. The van der Waals surface area contributed by atoms with Crippen molar-refractivity contribution in [1.29, 1.82) is 0 Å². The number of carbonyl (C=O) groups is 1. The first-order valence-electron chi connectivity index (χ1n) is 9.23. The summed E-state index contributed by atoms with van der Waals surface area (Å²) in [5, 5.41) is 0. The normalized spacial score (nSPS) is 14.4. The number of anilines is 1. The third-order valence-electron chi connectivity index (χ3n) is 4.98. The minimum absolute atomic E-state index is 0.268. The van der Waals surface area contributed by atoms with E-state index in [0.29, 0.717) is 6.42 Å². The zero-order chi connectivity index (χ0) is 18.4. The number of methoxy groups -OCH3 is 1. The molecule has 1 fully saturated rings. The molecule has 138 valence electrons. The maximum atomic E-state index is 12.5. The zero-order valence-electron chi connectivity index (χ0n) is 15.6. The number of nitrogens with zero attached hydrogens (tertiary/aromatic N) is 3. The number of aromatic nitrogens is 1. The van der Waals surface area contributed by atoms with E-state index in [1.54, 1.807) is 7.11 Å². The molecule has 2 heterocycles. The Balaban J connectivity index is 1.43. The molecular weight excluding hydrogens is 326 g/mol. The maximum absolute atomic E-state index is 12.5. The lowest BCUT2D eigenvalue weighted by atomic mass is 10.1. The number of rotatable bonds is 6. The second kappa shape index (κ2) is 8.70. The van der Waals surface area contributed by atoms with Crippen LogP contribution >= 0.6 is 0 Å². The van der Waals surface area contributed by atoms with Crippen molar-refractivity contribution in [3.05, 3.63) is 53.9 Å². The third kappa shape index (κ3) is 4.54. The second-order valence-electron chi connectivity index (χ2n) is 6.73. The molecule has 0 saturated carbocycles. The average molecular weight is 353 g/mol. The summed E-state index contributed by atoms with van der Waals surface area (Å²) >= 11 is 0. The van der Waals surface area contributed by atoms with Crippen LogP contribution in [-0.4, -0.2) is 49.1 Å². The van der Waals surface area contributed by atoms with Gasteiger partial charge in [0.2, 0.25) is 5.91 Å². The van der Waals surface area contributed by atoms with Crippen LogP contribution in [0.2, 0.25) is 0 Å². The lowest BCUT2D eigenvalue weighted by Gasteiger charge is -2.36. The SMILES string of the molecule is COc1ccc(CCCC(=O)N2CCN(c3ccncc3C)CC2)cc1. The molecule has 0 N–H and O–H groups in total. The Kier molecular flexibility index (Phi) is 6.10. The first-order valence-corrected chi connectivity index (χ1v) is 9.23. The molecule has 0 unspecified atom stereocenters. The summed E-state index contributed by atoms with van der Waals surface area (Å²) < 4.78 is 5.17. The highest BCUT2D eigenvalue weighted by Gasteiger charge is 2.21. The van der Waals surface area contributed by atoms with Gasteiger partial charge in [-0.15, -0.1) is 0 Å². The summed E-state index contributed by atoms with van der Waals surface area (Å²) in [6, 6.07) is 10.1. The zero-order valence-corrected chi connectivity index (χ0v) is 15.6. The average Bonchev–Trinajstić information content (AvgIpc) is 2.69. The Morgan fingerprint density at radius 1 is 1.12 bits per heavy atom. The minimum Gasteiger partial charge on any atom is -0.497 e. The van der Waals surface area contributed by atoms with Crippen molar-refractivity contribution in [3.63, 3.8) is 0 Å². The Morgan fingerprint density at radius 2 is 1.85 bits per heavy atom. The molecular formula is C21H27N3O2. The van der Waals surface area contributed by atoms with Crippen molar-refractivity contribution in [3.8, 4) is 5.75 Å². The largest absolute Gasteiger partial charge is 0.497 e. The lowest BCUT2D eigenvalue weighted by Crippen LogP contribution is -2.49. The molecule has 0 spiro atoms. The van der Waals surface area contributed by atoms with Gasteiger partial charge in [-0.25, -0.2) is 0 Å². The molecule has 1 aromatic heterocycles. The fourth-order valence-corrected chi connectivity index (χ4v) is 3.41. The predicted octanol–water partition coefficient (Wildman–Crippen LogP) is 3.07. The molecule has 5 heteroatoms. The number of hydrogen-bond acceptors (Lipinski definition) is 4. The topological polar surface area (TPSA) is 45.7 Å². The number of ether oxygens (including phenoxy) is 1. The van der Waals surface area contributed by atoms with Crippen molar-refractivity contribution in [2.75, 3.05) is 38.2 Å². The Bertz CT molecular complexity index is 722. The Morgan fingerprint density at radius 3 is 2.50 bits per heavy atom. The first-order chi connectivity index (χ1) is 12.7. The van der Waals surface area contributed by atoms with Crippen molar-refractivity contribution in [2.24, 2.45) is 0 Å². The van der Waals surface area contributed by atoms with Crippen LogP contribution in [0.5, 0.6) is 5.75 Å². The molecule has 0 atom stereocenters. The number of pyridine rings is 1. The van der Waals surface area contributed by atoms with Crippen LogP contribution in [0.1, 0.15) is 24.0 Å². The number of carbonyl (C=O) groups excluding carboxylic acids is 1. The van der Waals surface area contributed by atoms with Crippen LogP contribution < -0.4 is 9.64 Å². The Hall–Kier alpha value is -2.56. The van der Waals surface area contributed by atoms with Gasteiger partial charge in [0.1, 0.15) is 5.75 Å². The molecule has 0 aliphatic carbocycles. The molecule has 1 aromatic carbocycles. The molecule has 2 aromatic rings. The van der Waals surface area contributed by atoms with Crippen LogP contribution in [0, 0.1) is 6.92 Å². The van der Waals surface area contributed by atoms with E-state index in [2.05, 4.69) is 35.0 Å². The standard InChI is InChI=1S/C21H27N3O2/c1-17-16-22-11-10-20(17)23-12-14-24(15-13-23)21(25)5-3-4-18-6-8-19(26-2)9-7-18/h6-11,16H,3-5,12-15H2,1-2H3. The summed E-state index contributed by atoms with van der Waals surface area (Å²) in [6.45, 7) is 5.44. The van der Waals surface area contributed by atoms with Gasteiger partial charge in [0.15, 0.2) is 0 Å². The maximum Gasteiger partial charge on any atom is 0.222 e. The second-order valence-corrected chi connectivity index (χ2v) is 6.73. The minimum atomic E-state index is 0.268. The first kappa shape index (κ1) is 18.2. The van der Waals surface area contributed by atoms with Gasteiger partial charge in [0.05, 0.1) is 7.11 Å². The third-order valence-corrected chi connectivity index (χ3v) is 4.98. The van der Waals surface area contributed by atoms with Gasteiger partial charge >= 0.3 is 0 Å². The van der Waals surface area contributed by atoms with E-state index in [1.807, 2.05) is 29.4 Å². The number of amides is 1. The number of aryl methyl sites for hydroxylation is 2. The molecule has 1 saturated heterocycles. The van der Waals surface area contributed by atoms with E-state index in [4.69, 9.17) is 4.74 Å². The van der Waals surface area contributed by atoms with E-state index >= 15 is 0 Å². The van der Waals surface area contributed by atoms with E-state index < -0.39 is 0 Å². The summed E-state index contributed by atoms with van der Waals surface area (Å²) in [6.07, 6.45) is 6.14. The van der Waals surface area contributed by atoms with Gasteiger partial charge in [0.25, 0.3) is 0 Å². The van der Waals surface area contributed by atoms with Crippen LogP contribution in [0.15, 0.2) is 42.7 Å². The quantitative estimate of drug-likeness (QED) is 0.801. The molecule has 1 aliphatic rings. The predicted molar refractivity (Wildman–Crippen MR) is 104 cm³/mol. The fourth-order valence-electron chi connectivity index (χ4n) is 3.41. The molecule has 1 amide bonds. The van der Waals surface area contributed by atoms with Crippen molar-refractivity contribution >= 4 is 11.6 Å². The molecule has 0 bridgehead atoms. The molecule has 5 nitrogen and oxygen atoms in total. The lowest BCUT2D eigenvalue weighted by molar-refractivity contribution is -0.131. The van der Waals surface area contributed by atoms with E-state index in [-0.39, 0.29) is 5.91 Å². The van der Waals surface area contributed by atoms with Crippen molar-refractivity contribution < 1.29 is 9.53 Å². The van der Waals surface area contributed by atoms with Crippen LogP contribution in [0.3, 0.4) is 0 Å². The van der Waals surface area contributed by atoms with Gasteiger partial charge in [-0.05, 0) is 49.1 Å². The smallest absolute Gasteiger partial charge is 0.222 e. The molecule has 26 heavy (non-hydrogen) atoms. The van der Waals surface area contributed by atoms with Gasteiger partial charge in [-0.1, -0.05) is 12.1 Å². The highest BCUT2D eigenvalue weighted by atomic mass is 16.5. The fraction of sp³-hybridized carbons (Fsp3) is 0.429. The van der Waals surface area contributed by atoms with Crippen molar-refractivity contribution in [2.45, 2.75) is 26.2 Å². The van der Waals surface area contributed by atoms with Crippen molar-refractivity contribution in [1.82, 2.24) is 9.88 Å². The Labute approximate surface area is 155 Å². The van der Waals surface area contributed by atoms with Gasteiger partial charge in [-0.2, -0.15) is 0 Å². The van der Waals surface area contributed by atoms with E-state index in [1.165, 1.54) is 16.8 Å². The number of piperazine rings is 1. The summed E-state index contributed by atoms with van der Waals surface area (Å²) in [4.78, 5) is 21.0. The number of hydrogen-bond donors (Lipinski definition) is 0. The van der Waals surface area contributed by atoms with E-state index in [9.17, 15) is 4.79 Å². The monoisotopic (exact) mass is 353 g/mol. The van der Waals surface area contributed by atoms with E-state index in [0.717, 1.165) is 44.8 Å². The summed E-state index contributed by atoms with van der Waals surface area (Å²) in [7, 11) is 1.67. The molecule has 3 rings (SSSR count). The van der Waals surface area contributed by atoms with Crippen LogP contribution in [0.4, 0.5) is 5.69 Å². The molecule has 1 aliphatic heterocycles. The van der Waals surface area contributed by atoms with Gasteiger partial charge < -0.3 is 14.5 Å². The number of benzene rings is 1. The molecule has 0 radical (unpaired) electrons.